The molecule has 4 heteroatoms. The summed E-state index contributed by atoms with van der Waals surface area (Å²) in [6.07, 6.45) is 1.02. The Labute approximate surface area is 124 Å². The van der Waals surface area contributed by atoms with Crippen LogP contribution < -0.4 is 10.6 Å². The number of amides is 1. The summed E-state index contributed by atoms with van der Waals surface area (Å²) in [4.78, 5) is 11.7. The molecule has 1 rings (SSSR count). The lowest BCUT2D eigenvalue weighted by Crippen LogP contribution is -2.35. The van der Waals surface area contributed by atoms with Crippen LogP contribution in [0.5, 0.6) is 0 Å². The van der Waals surface area contributed by atoms with Gasteiger partial charge in [-0.3, -0.25) is 4.79 Å². The monoisotopic (exact) mass is 326 g/mol. The first-order valence-electron chi connectivity index (χ1n) is 6.75. The molecule has 106 valence electrons. The number of hydrogen-bond donors (Lipinski definition) is 2. The van der Waals surface area contributed by atoms with Crippen molar-refractivity contribution in [1.29, 1.82) is 0 Å². The van der Waals surface area contributed by atoms with Crippen LogP contribution >= 0.6 is 15.9 Å². The van der Waals surface area contributed by atoms with Gasteiger partial charge in [0.1, 0.15) is 0 Å². The molecule has 0 bridgehead atoms. The van der Waals surface area contributed by atoms with Crippen LogP contribution in [0.1, 0.15) is 38.8 Å². The second kappa shape index (κ2) is 8.33. The summed E-state index contributed by atoms with van der Waals surface area (Å²) in [7, 11) is 0. The van der Waals surface area contributed by atoms with Gasteiger partial charge < -0.3 is 10.6 Å². The fourth-order valence-corrected chi connectivity index (χ4v) is 2.37. The number of halogens is 1. The average molecular weight is 327 g/mol. The molecule has 2 N–H and O–H groups in total. The van der Waals surface area contributed by atoms with Gasteiger partial charge in [0.2, 0.25) is 5.91 Å². The molecule has 0 saturated carbocycles. The third-order valence-corrected chi connectivity index (χ3v) is 3.71. The SMILES string of the molecule is CC(C)CCNC(=O)CN[C@H](C)c1ccccc1Br. The molecule has 19 heavy (non-hydrogen) atoms. The molecule has 1 amide bonds. The van der Waals surface area contributed by atoms with E-state index in [1.54, 1.807) is 0 Å². The summed E-state index contributed by atoms with van der Waals surface area (Å²) in [6.45, 7) is 7.46. The van der Waals surface area contributed by atoms with Crippen molar-refractivity contribution in [2.45, 2.75) is 33.2 Å². The van der Waals surface area contributed by atoms with Gasteiger partial charge in [-0.15, -0.1) is 0 Å². The molecule has 0 spiro atoms. The summed E-state index contributed by atoms with van der Waals surface area (Å²) in [5, 5.41) is 6.16. The van der Waals surface area contributed by atoms with Crippen LogP contribution in [0.15, 0.2) is 28.7 Å². The van der Waals surface area contributed by atoms with Crippen molar-refractivity contribution in [2.75, 3.05) is 13.1 Å². The fraction of sp³-hybridized carbons (Fsp3) is 0.533. The first-order valence-corrected chi connectivity index (χ1v) is 7.54. The van der Waals surface area contributed by atoms with Gasteiger partial charge in [0.15, 0.2) is 0 Å². The van der Waals surface area contributed by atoms with Crippen LogP contribution in [0.3, 0.4) is 0 Å². The summed E-state index contributed by atoms with van der Waals surface area (Å²) in [5.74, 6) is 0.673. The van der Waals surface area contributed by atoms with Gasteiger partial charge in [-0.05, 0) is 30.9 Å². The highest BCUT2D eigenvalue weighted by Gasteiger charge is 2.09. The summed E-state index contributed by atoms with van der Waals surface area (Å²) < 4.78 is 1.07. The molecule has 0 radical (unpaired) electrons. The van der Waals surface area contributed by atoms with E-state index >= 15 is 0 Å². The average Bonchev–Trinajstić information content (AvgIpc) is 2.36. The highest BCUT2D eigenvalue weighted by atomic mass is 79.9. The Morgan fingerprint density at radius 1 is 1.26 bits per heavy atom. The summed E-state index contributed by atoms with van der Waals surface area (Å²) in [5.41, 5.74) is 1.16. The molecular weight excluding hydrogens is 304 g/mol. The zero-order valence-corrected chi connectivity index (χ0v) is 13.5. The number of hydrogen-bond acceptors (Lipinski definition) is 2. The molecule has 3 nitrogen and oxygen atoms in total. The van der Waals surface area contributed by atoms with Crippen LogP contribution in [0.4, 0.5) is 0 Å². The first kappa shape index (κ1) is 16.2. The Hall–Kier alpha value is -0.870. The van der Waals surface area contributed by atoms with Crippen molar-refractivity contribution < 1.29 is 4.79 Å². The largest absolute Gasteiger partial charge is 0.355 e. The second-order valence-electron chi connectivity index (χ2n) is 5.16. The van der Waals surface area contributed by atoms with E-state index in [9.17, 15) is 4.79 Å². The molecule has 0 aliphatic carbocycles. The molecular formula is C15H23BrN2O. The lowest BCUT2D eigenvalue weighted by Gasteiger charge is -2.15. The molecule has 0 heterocycles. The molecule has 0 aliphatic rings. The summed E-state index contributed by atoms with van der Waals surface area (Å²) >= 11 is 3.52. The normalized spacial score (nSPS) is 12.5. The molecule has 1 aromatic carbocycles. The quantitative estimate of drug-likeness (QED) is 0.807. The van der Waals surface area contributed by atoms with Gasteiger partial charge in [0.05, 0.1) is 6.54 Å². The van der Waals surface area contributed by atoms with Crippen molar-refractivity contribution in [1.82, 2.24) is 10.6 Å². The highest BCUT2D eigenvalue weighted by Crippen LogP contribution is 2.22. The molecule has 0 aromatic heterocycles. The Kier molecular flexibility index (Phi) is 7.10. The molecule has 0 saturated heterocycles. The van der Waals surface area contributed by atoms with E-state index < -0.39 is 0 Å². The van der Waals surface area contributed by atoms with E-state index in [4.69, 9.17) is 0 Å². The Balaban J connectivity index is 2.32. The van der Waals surface area contributed by atoms with E-state index in [0.29, 0.717) is 12.5 Å². The van der Waals surface area contributed by atoms with Crippen LogP contribution in [0.2, 0.25) is 0 Å². The fourth-order valence-electron chi connectivity index (χ4n) is 1.74. The zero-order chi connectivity index (χ0) is 14.3. The van der Waals surface area contributed by atoms with Crippen LogP contribution in [-0.2, 0) is 4.79 Å². The van der Waals surface area contributed by atoms with Crippen LogP contribution in [0.25, 0.3) is 0 Å². The van der Waals surface area contributed by atoms with Gasteiger partial charge >= 0.3 is 0 Å². The van der Waals surface area contributed by atoms with Crippen molar-refractivity contribution in [2.24, 2.45) is 5.92 Å². The predicted molar refractivity (Wildman–Crippen MR) is 83.0 cm³/mol. The van der Waals surface area contributed by atoms with E-state index in [2.05, 4.69) is 53.4 Å². The third kappa shape index (κ3) is 6.21. The van der Waals surface area contributed by atoms with E-state index in [1.165, 1.54) is 0 Å². The number of rotatable bonds is 7. The lowest BCUT2D eigenvalue weighted by atomic mass is 10.1. The summed E-state index contributed by atoms with van der Waals surface area (Å²) in [6, 6.07) is 8.19. The zero-order valence-electron chi connectivity index (χ0n) is 11.9. The molecule has 1 aromatic rings. The van der Waals surface area contributed by atoms with Crippen molar-refractivity contribution >= 4 is 21.8 Å². The topological polar surface area (TPSA) is 41.1 Å². The van der Waals surface area contributed by atoms with Gasteiger partial charge in [-0.25, -0.2) is 0 Å². The lowest BCUT2D eigenvalue weighted by molar-refractivity contribution is -0.120. The minimum atomic E-state index is 0.0551. The van der Waals surface area contributed by atoms with Crippen molar-refractivity contribution in [3.8, 4) is 0 Å². The third-order valence-electron chi connectivity index (χ3n) is 2.98. The maximum Gasteiger partial charge on any atom is 0.233 e. The van der Waals surface area contributed by atoms with Gasteiger partial charge in [-0.2, -0.15) is 0 Å². The van der Waals surface area contributed by atoms with Gasteiger partial charge in [0.25, 0.3) is 0 Å². The number of carbonyl (C=O) groups is 1. The Bertz CT molecular complexity index is 407. The molecule has 0 fully saturated rings. The smallest absolute Gasteiger partial charge is 0.233 e. The predicted octanol–water partition coefficient (Wildman–Crippen LogP) is 3.26. The van der Waals surface area contributed by atoms with E-state index in [1.807, 2.05) is 18.2 Å². The Morgan fingerprint density at radius 2 is 1.95 bits per heavy atom. The maximum atomic E-state index is 11.7. The molecule has 0 aliphatic heterocycles. The van der Waals surface area contributed by atoms with Gasteiger partial charge in [0, 0.05) is 17.1 Å². The highest BCUT2D eigenvalue weighted by molar-refractivity contribution is 9.10. The molecule has 0 unspecified atom stereocenters. The number of benzene rings is 1. The Morgan fingerprint density at radius 3 is 2.58 bits per heavy atom. The van der Waals surface area contributed by atoms with Crippen molar-refractivity contribution in [3.63, 3.8) is 0 Å². The number of carbonyl (C=O) groups excluding carboxylic acids is 1. The minimum Gasteiger partial charge on any atom is -0.355 e. The van der Waals surface area contributed by atoms with Gasteiger partial charge in [-0.1, -0.05) is 48.0 Å². The van der Waals surface area contributed by atoms with E-state index in [-0.39, 0.29) is 11.9 Å². The number of nitrogens with one attached hydrogen (secondary N) is 2. The van der Waals surface area contributed by atoms with E-state index in [0.717, 1.165) is 23.0 Å². The van der Waals surface area contributed by atoms with Crippen molar-refractivity contribution in [3.05, 3.63) is 34.3 Å². The van der Waals surface area contributed by atoms with Crippen LogP contribution in [-0.4, -0.2) is 19.0 Å². The second-order valence-corrected chi connectivity index (χ2v) is 6.01. The first-order chi connectivity index (χ1) is 9.00. The minimum absolute atomic E-state index is 0.0551. The maximum absolute atomic E-state index is 11.7. The van der Waals surface area contributed by atoms with Crippen LogP contribution in [0, 0.1) is 5.92 Å². The molecule has 1 atom stereocenters. The standard InChI is InChI=1S/C15H23BrN2O/c1-11(2)8-9-17-15(19)10-18-12(3)13-6-4-5-7-14(13)16/h4-7,11-12,18H,8-10H2,1-3H3,(H,17,19)/t12-/m1/s1.